The van der Waals surface area contributed by atoms with Crippen LogP contribution in [-0.4, -0.2) is 77.0 Å². The molecule has 0 bridgehead atoms. The molecule has 1 aromatic rings. The molecule has 0 radical (unpaired) electrons. The van der Waals surface area contributed by atoms with E-state index in [9.17, 15) is 4.79 Å². The highest BCUT2D eigenvalue weighted by Crippen LogP contribution is 2.40. The molecule has 35 heavy (non-hydrogen) atoms. The minimum absolute atomic E-state index is 0.0285. The van der Waals surface area contributed by atoms with Gasteiger partial charge in [0.25, 0.3) is 5.91 Å². The quantitative estimate of drug-likeness (QED) is 0.251. The van der Waals surface area contributed by atoms with Crippen LogP contribution in [-0.2, 0) is 0 Å². The van der Waals surface area contributed by atoms with Crippen LogP contribution in [0.15, 0.2) is 18.2 Å². The minimum atomic E-state index is -2.10. The lowest BCUT2D eigenvalue weighted by atomic mass is 10.2. The monoisotopic (exact) mass is 526 g/mol. The number of hydrogen-bond acceptors (Lipinski definition) is 6. The summed E-state index contributed by atoms with van der Waals surface area (Å²) < 4.78 is 13.1. The van der Waals surface area contributed by atoms with Gasteiger partial charge in [0.05, 0.1) is 13.2 Å². The number of nitrogens with zero attached hydrogens (tertiary/aromatic N) is 1. The number of benzene rings is 1. The third kappa shape index (κ3) is 9.88. The SMILES string of the molecule is CC(C)(C)[Si](C)(C)Oc1cc(O[Si](C)(C)C(C)(C)C)cc(C(=O)NCCCN(CCO)CCO)c1. The molecule has 3 N–H and O–H groups in total. The van der Waals surface area contributed by atoms with Gasteiger partial charge >= 0.3 is 0 Å². The maximum Gasteiger partial charge on any atom is 0.251 e. The van der Waals surface area contributed by atoms with E-state index >= 15 is 0 Å². The zero-order chi connectivity index (χ0) is 27.1. The van der Waals surface area contributed by atoms with Crippen LogP contribution in [0.2, 0.25) is 36.3 Å². The molecule has 0 aliphatic rings. The van der Waals surface area contributed by atoms with Crippen LogP contribution in [0, 0.1) is 0 Å². The maximum absolute atomic E-state index is 13.1. The highest BCUT2D eigenvalue weighted by atomic mass is 28.4. The second-order valence-electron chi connectivity index (χ2n) is 12.3. The van der Waals surface area contributed by atoms with Crippen molar-refractivity contribution in [2.24, 2.45) is 0 Å². The Kier molecular flexibility index (Phi) is 11.5. The maximum atomic E-state index is 13.1. The van der Waals surface area contributed by atoms with E-state index in [1.54, 1.807) is 0 Å². The molecule has 7 nitrogen and oxygen atoms in total. The van der Waals surface area contributed by atoms with E-state index in [2.05, 4.69) is 73.0 Å². The summed E-state index contributed by atoms with van der Waals surface area (Å²) in [6.45, 7) is 24.2. The zero-order valence-corrected chi connectivity index (χ0v) is 25.7. The van der Waals surface area contributed by atoms with Crippen molar-refractivity contribution >= 4 is 22.5 Å². The van der Waals surface area contributed by atoms with E-state index < -0.39 is 16.6 Å². The molecule has 0 spiro atoms. The number of aliphatic hydroxyl groups excluding tert-OH is 2. The molecule has 0 aliphatic heterocycles. The molecule has 0 saturated carbocycles. The Bertz CT molecular complexity index is 765. The van der Waals surface area contributed by atoms with Gasteiger partial charge in [0.2, 0.25) is 16.6 Å². The molecule has 0 aromatic heterocycles. The fourth-order valence-corrected chi connectivity index (χ4v) is 4.97. The van der Waals surface area contributed by atoms with Crippen molar-refractivity contribution in [3.8, 4) is 11.5 Å². The second kappa shape index (κ2) is 12.7. The van der Waals surface area contributed by atoms with E-state index in [1.165, 1.54) is 0 Å². The largest absolute Gasteiger partial charge is 0.543 e. The van der Waals surface area contributed by atoms with Crippen molar-refractivity contribution in [3.05, 3.63) is 23.8 Å². The van der Waals surface area contributed by atoms with Gasteiger partial charge < -0.3 is 24.4 Å². The lowest BCUT2D eigenvalue weighted by Crippen LogP contribution is -2.44. The number of carbonyl (C=O) groups is 1. The molecule has 0 aliphatic carbocycles. The Morgan fingerprint density at radius 2 is 1.26 bits per heavy atom. The average Bonchev–Trinajstić information content (AvgIpc) is 2.68. The summed E-state index contributed by atoms with van der Waals surface area (Å²) in [7, 11) is -4.21. The first-order valence-corrected chi connectivity index (χ1v) is 18.5. The molecule has 1 rings (SSSR count). The van der Waals surface area contributed by atoms with Crippen LogP contribution >= 0.6 is 0 Å². The molecule has 1 amide bonds. The van der Waals surface area contributed by atoms with Gasteiger partial charge in [-0.05, 0) is 61.4 Å². The van der Waals surface area contributed by atoms with Crippen LogP contribution in [0.4, 0.5) is 0 Å². The second-order valence-corrected chi connectivity index (χ2v) is 21.8. The van der Waals surface area contributed by atoms with Crippen LogP contribution in [0.1, 0.15) is 58.3 Å². The number of nitrogens with one attached hydrogen (secondary N) is 1. The predicted molar refractivity (Wildman–Crippen MR) is 150 cm³/mol. The third-order valence-electron chi connectivity index (χ3n) is 7.27. The summed E-state index contributed by atoms with van der Waals surface area (Å²) in [4.78, 5) is 15.1. The molecular formula is C26H50N2O5Si2. The molecule has 202 valence electrons. The number of amides is 1. The first kappa shape index (κ1) is 31.6. The summed E-state index contributed by atoms with van der Waals surface area (Å²) in [5, 5.41) is 21.4. The van der Waals surface area contributed by atoms with Crippen LogP contribution in [0.25, 0.3) is 0 Å². The highest BCUT2D eigenvalue weighted by molar-refractivity contribution is 6.75. The Morgan fingerprint density at radius 1 is 0.829 bits per heavy atom. The predicted octanol–water partition coefficient (Wildman–Crippen LogP) is 4.86. The van der Waals surface area contributed by atoms with E-state index in [0.717, 1.165) is 6.42 Å². The van der Waals surface area contributed by atoms with Gasteiger partial charge in [-0.3, -0.25) is 9.69 Å². The van der Waals surface area contributed by atoms with Gasteiger partial charge in [-0.2, -0.15) is 0 Å². The van der Waals surface area contributed by atoms with Crippen LogP contribution < -0.4 is 14.2 Å². The Morgan fingerprint density at radius 3 is 1.63 bits per heavy atom. The van der Waals surface area contributed by atoms with E-state index in [-0.39, 0.29) is 29.2 Å². The number of carbonyl (C=O) groups excluding carboxylic acids is 1. The summed E-state index contributed by atoms with van der Waals surface area (Å²) >= 11 is 0. The summed E-state index contributed by atoms with van der Waals surface area (Å²) in [6, 6.07) is 5.57. The summed E-state index contributed by atoms with van der Waals surface area (Å²) in [5.74, 6) is 1.19. The van der Waals surface area contributed by atoms with E-state index in [0.29, 0.717) is 43.2 Å². The molecule has 9 heteroatoms. The summed E-state index contributed by atoms with van der Waals surface area (Å²) in [6.07, 6.45) is 0.721. The van der Waals surface area contributed by atoms with Gasteiger partial charge in [-0.1, -0.05) is 41.5 Å². The molecular weight excluding hydrogens is 476 g/mol. The lowest BCUT2D eigenvalue weighted by molar-refractivity contribution is 0.0949. The smallest absolute Gasteiger partial charge is 0.251 e. The zero-order valence-electron chi connectivity index (χ0n) is 23.7. The van der Waals surface area contributed by atoms with Crippen LogP contribution in [0.5, 0.6) is 11.5 Å². The van der Waals surface area contributed by atoms with Gasteiger partial charge in [0.1, 0.15) is 11.5 Å². The molecule has 0 unspecified atom stereocenters. The van der Waals surface area contributed by atoms with Crippen molar-refractivity contribution in [2.75, 3.05) is 39.4 Å². The first-order valence-electron chi connectivity index (χ1n) is 12.7. The Balaban J connectivity index is 3.10. The van der Waals surface area contributed by atoms with Gasteiger partial charge in [-0.15, -0.1) is 0 Å². The molecule has 0 atom stereocenters. The van der Waals surface area contributed by atoms with Gasteiger partial charge in [-0.25, -0.2) is 0 Å². The fourth-order valence-electron chi connectivity index (χ4n) is 2.94. The molecule has 0 heterocycles. The third-order valence-corrected chi connectivity index (χ3v) is 16.0. The standard InChI is InChI=1S/C26H50N2O5Si2/c1-25(2,3)34(7,8)32-22-18-21(19-23(20-22)33-35(9,10)26(4,5)6)24(31)27-12-11-13-28(14-16-29)15-17-30/h18-20,29-30H,11-17H2,1-10H3,(H,27,31). The molecule has 0 fully saturated rings. The van der Waals surface area contributed by atoms with Crippen molar-refractivity contribution in [1.29, 1.82) is 0 Å². The average molecular weight is 527 g/mol. The highest BCUT2D eigenvalue weighted by Gasteiger charge is 2.40. The van der Waals surface area contributed by atoms with E-state index in [1.807, 2.05) is 23.1 Å². The van der Waals surface area contributed by atoms with Crippen molar-refractivity contribution in [2.45, 2.75) is 84.2 Å². The van der Waals surface area contributed by atoms with Crippen molar-refractivity contribution < 1.29 is 23.9 Å². The normalized spacial score (nSPS) is 13.2. The Labute approximate surface area is 215 Å². The minimum Gasteiger partial charge on any atom is -0.543 e. The van der Waals surface area contributed by atoms with Gasteiger partial charge in [0, 0.05) is 31.3 Å². The summed E-state index contributed by atoms with van der Waals surface area (Å²) in [5.41, 5.74) is 0.525. The molecule has 1 aromatic carbocycles. The van der Waals surface area contributed by atoms with Gasteiger partial charge in [0.15, 0.2) is 0 Å². The lowest BCUT2D eigenvalue weighted by Gasteiger charge is -2.38. The van der Waals surface area contributed by atoms with Crippen molar-refractivity contribution in [1.82, 2.24) is 10.2 Å². The fraction of sp³-hybridized carbons (Fsp3) is 0.731. The van der Waals surface area contributed by atoms with Crippen LogP contribution in [0.3, 0.4) is 0 Å². The topological polar surface area (TPSA) is 91.3 Å². The number of hydrogen-bond donors (Lipinski definition) is 3. The number of aliphatic hydroxyl groups is 2. The first-order chi connectivity index (χ1) is 15.9. The Hall–Kier alpha value is -1.40. The molecule has 0 saturated heterocycles. The van der Waals surface area contributed by atoms with Crippen molar-refractivity contribution in [3.63, 3.8) is 0 Å². The number of rotatable bonds is 13. The van der Waals surface area contributed by atoms with E-state index in [4.69, 9.17) is 19.1 Å².